The van der Waals surface area contributed by atoms with E-state index in [2.05, 4.69) is 4.98 Å². The summed E-state index contributed by atoms with van der Waals surface area (Å²) in [5.74, 6) is -1.05. The number of piperidine rings is 1. The Labute approximate surface area is 146 Å². The largest absolute Gasteiger partial charge is 0.454 e. The van der Waals surface area contributed by atoms with E-state index in [1.165, 1.54) is 6.92 Å². The number of rotatable bonds is 4. The smallest absolute Gasteiger partial charge is 0.311 e. The number of hydrogen-bond donors (Lipinski definition) is 1. The third-order valence-electron chi connectivity index (χ3n) is 4.72. The topological polar surface area (TPSA) is 79.5 Å². The highest BCUT2D eigenvalue weighted by atomic mass is 16.5. The first-order chi connectivity index (χ1) is 12.0. The van der Waals surface area contributed by atoms with Gasteiger partial charge in [0.1, 0.15) is 0 Å². The molecule has 1 aliphatic heterocycles. The fourth-order valence-electron chi connectivity index (χ4n) is 3.27. The molecule has 1 aromatic heterocycles. The molecule has 2 atom stereocenters. The molecule has 1 N–H and O–H groups in total. The van der Waals surface area contributed by atoms with Gasteiger partial charge in [-0.05, 0) is 25.8 Å². The van der Waals surface area contributed by atoms with Crippen LogP contribution in [-0.2, 0) is 14.3 Å². The lowest BCUT2D eigenvalue weighted by molar-refractivity contribution is -0.154. The van der Waals surface area contributed by atoms with E-state index in [0.29, 0.717) is 25.1 Å². The van der Waals surface area contributed by atoms with Gasteiger partial charge in [-0.25, -0.2) is 0 Å². The van der Waals surface area contributed by atoms with Crippen molar-refractivity contribution >= 4 is 28.6 Å². The van der Waals surface area contributed by atoms with Crippen molar-refractivity contribution in [1.82, 2.24) is 9.88 Å². The number of nitrogens with zero attached hydrogens (tertiary/aromatic N) is 1. The Kier molecular flexibility index (Phi) is 4.88. The molecule has 2 aromatic rings. The zero-order valence-corrected chi connectivity index (χ0v) is 14.5. The number of aromatic nitrogens is 1. The number of Topliss-reactive ketones (excluding diaryl/α,β-unsaturated/α-hetero) is 1. The number of benzene rings is 1. The second-order valence-corrected chi connectivity index (χ2v) is 6.50. The van der Waals surface area contributed by atoms with Crippen LogP contribution in [0.4, 0.5) is 0 Å². The summed E-state index contributed by atoms with van der Waals surface area (Å²) in [6.45, 7) is 4.12. The zero-order chi connectivity index (χ0) is 18.0. The maximum Gasteiger partial charge on any atom is 0.311 e. The summed E-state index contributed by atoms with van der Waals surface area (Å²) in [4.78, 5) is 41.2. The van der Waals surface area contributed by atoms with Crippen molar-refractivity contribution in [2.75, 3.05) is 13.1 Å². The van der Waals surface area contributed by atoms with Gasteiger partial charge < -0.3 is 14.6 Å². The number of ether oxygens (including phenoxy) is 1. The number of ketones is 1. The molecule has 1 aromatic carbocycles. The van der Waals surface area contributed by atoms with E-state index in [1.54, 1.807) is 18.0 Å². The van der Waals surface area contributed by atoms with Gasteiger partial charge in [0.25, 0.3) is 0 Å². The quantitative estimate of drug-likeness (QED) is 0.684. The Hall–Kier alpha value is -2.63. The van der Waals surface area contributed by atoms with Crippen molar-refractivity contribution < 1.29 is 19.1 Å². The minimum Gasteiger partial charge on any atom is -0.454 e. The molecule has 25 heavy (non-hydrogen) atoms. The highest BCUT2D eigenvalue weighted by molar-refractivity contribution is 6.10. The summed E-state index contributed by atoms with van der Waals surface area (Å²) >= 11 is 0. The molecule has 1 fully saturated rings. The van der Waals surface area contributed by atoms with Crippen LogP contribution in [0.1, 0.15) is 37.0 Å². The average Bonchev–Trinajstić information content (AvgIpc) is 3.05. The van der Waals surface area contributed by atoms with Crippen LogP contribution in [0.3, 0.4) is 0 Å². The van der Waals surface area contributed by atoms with Gasteiger partial charge in [0.05, 0.1) is 5.92 Å². The lowest BCUT2D eigenvalue weighted by Crippen LogP contribution is -2.42. The number of para-hydroxylation sites is 1. The minimum absolute atomic E-state index is 0.0413. The molecule has 1 aliphatic rings. The van der Waals surface area contributed by atoms with E-state index in [0.717, 1.165) is 17.3 Å². The first-order valence-electron chi connectivity index (χ1n) is 8.53. The number of hydrogen-bond acceptors (Lipinski definition) is 4. The Morgan fingerprint density at radius 3 is 2.80 bits per heavy atom. The maximum atomic E-state index is 12.6. The molecule has 2 unspecified atom stereocenters. The van der Waals surface area contributed by atoms with Gasteiger partial charge in [-0.1, -0.05) is 18.2 Å². The maximum absolute atomic E-state index is 12.6. The highest BCUT2D eigenvalue weighted by Gasteiger charge is 2.31. The molecule has 6 nitrogen and oxygen atoms in total. The van der Waals surface area contributed by atoms with E-state index in [1.807, 2.05) is 24.3 Å². The number of carbonyl (C=O) groups excluding carboxylic acids is 3. The van der Waals surface area contributed by atoms with Crippen molar-refractivity contribution in [3.8, 4) is 0 Å². The molecule has 0 bridgehead atoms. The van der Waals surface area contributed by atoms with Crippen LogP contribution in [0.2, 0.25) is 0 Å². The third-order valence-corrected chi connectivity index (χ3v) is 4.72. The average molecular weight is 342 g/mol. The molecule has 6 heteroatoms. The summed E-state index contributed by atoms with van der Waals surface area (Å²) in [7, 11) is 0. The van der Waals surface area contributed by atoms with Gasteiger partial charge in [0.2, 0.25) is 11.7 Å². The number of esters is 1. The van der Waals surface area contributed by atoms with Crippen molar-refractivity contribution in [3.05, 3.63) is 36.0 Å². The van der Waals surface area contributed by atoms with Crippen molar-refractivity contribution in [1.29, 1.82) is 0 Å². The summed E-state index contributed by atoms with van der Waals surface area (Å²) < 4.78 is 5.41. The lowest BCUT2D eigenvalue weighted by atomic mass is 9.98. The number of likely N-dealkylation sites (tertiary alicyclic amines) is 1. The standard InChI is InChI=1S/C19H22N2O4/c1-12(18(23)16-10-20-17-8-4-3-7-15(16)17)25-19(24)14-6-5-9-21(11-14)13(2)22/h3-4,7-8,10,12,14,20H,5-6,9,11H2,1-2H3. The van der Waals surface area contributed by atoms with E-state index in [9.17, 15) is 14.4 Å². The Balaban J connectivity index is 1.67. The molecular formula is C19H22N2O4. The van der Waals surface area contributed by atoms with Gasteiger partial charge >= 0.3 is 5.97 Å². The van der Waals surface area contributed by atoms with E-state index < -0.39 is 12.1 Å². The van der Waals surface area contributed by atoms with E-state index in [4.69, 9.17) is 4.74 Å². The Morgan fingerprint density at radius 2 is 2.04 bits per heavy atom. The molecule has 0 aliphatic carbocycles. The van der Waals surface area contributed by atoms with Crippen molar-refractivity contribution in [3.63, 3.8) is 0 Å². The minimum atomic E-state index is -0.862. The fraction of sp³-hybridized carbons (Fsp3) is 0.421. The summed E-state index contributed by atoms with van der Waals surface area (Å²) in [5, 5.41) is 0.816. The lowest BCUT2D eigenvalue weighted by Gasteiger charge is -2.31. The predicted octanol–water partition coefficient (Wildman–Crippen LogP) is 2.54. The number of fused-ring (bicyclic) bond motifs is 1. The van der Waals surface area contributed by atoms with Crippen molar-refractivity contribution in [2.45, 2.75) is 32.8 Å². The first kappa shape index (κ1) is 17.2. The molecular weight excluding hydrogens is 320 g/mol. The molecule has 0 spiro atoms. The van der Waals surface area contributed by atoms with Gasteiger partial charge in [-0.15, -0.1) is 0 Å². The number of H-pyrrole nitrogens is 1. The molecule has 132 valence electrons. The molecule has 1 saturated heterocycles. The van der Waals surface area contributed by atoms with Crippen LogP contribution in [0.25, 0.3) is 10.9 Å². The third kappa shape index (κ3) is 3.57. The number of carbonyl (C=O) groups is 3. The number of aromatic amines is 1. The Morgan fingerprint density at radius 1 is 1.28 bits per heavy atom. The molecule has 1 amide bonds. The SMILES string of the molecule is CC(=O)N1CCCC(C(=O)OC(C)C(=O)c2c[nH]c3ccccc23)C1. The van der Waals surface area contributed by atoms with Gasteiger partial charge in [0, 0.05) is 42.7 Å². The van der Waals surface area contributed by atoms with Crippen LogP contribution >= 0.6 is 0 Å². The van der Waals surface area contributed by atoms with Crippen LogP contribution in [0.5, 0.6) is 0 Å². The van der Waals surface area contributed by atoms with Crippen LogP contribution in [0, 0.1) is 5.92 Å². The normalized spacial score (nSPS) is 18.8. The number of amides is 1. The molecule has 0 saturated carbocycles. The summed E-state index contributed by atoms with van der Waals surface area (Å²) in [6.07, 6.45) is 2.23. The van der Waals surface area contributed by atoms with Crippen LogP contribution in [-0.4, -0.2) is 46.7 Å². The van der Waals surface area contributed by atoms with Crippen LogP contribution < -0.4 is 0 Å². The second kappa shape index (κ2) is 7.09. The predicted molar refractivity (Wildman–Crippen MR) is 93.2 cm³/mol. The molecule has 0 radical (unpaired) electrons. The fourth-order valence-corrected chi connectivity index (χ4v) is 3.27. The first-order valence-corrected chi connectivity index (χ1v) is 8.53. The summed E-state index contributed by atoms with van der Waals surface area (Å²) in [5.41, 5.74) is 1.39. The Bertz CT molecular complexity index is 811. The second-order valence-electron chi connectivity index (χ2n) is 6.50. The monoisotopic (exact) mass is 342 g/mol. The molecule has 2 heterocycles. The van der Waals surface area contributed by atoms with Gasteiger partial charge in [0.15, 0.2) is 6.10 Å². The molecule has 3 rings (SSSR count). The van der Waals surface area contributed by atoms with Gasteiger partial charge in [-0.3, -0.25) is 14.4 Å². The van der Waals surface area contributed by atoms with E-state index in [-0.39, 0.29) is 17.6 Å². The highest BCUT2D eigenvalue weighted by Crippen LogP contribution is 2.22. The van der Waals surface area contributed by atoms with Crippen molar-refractivity contribution in [2.24, 2.45) is 5.92 Å². The van der Waals surface area contributed by atoms with Crippen LogP contribution in [0.15, 0.2) is 30.5 Å². The van der Waals surface area contributed by atoms with Gasteiger partial charge in [-0.2, -0.15) is 0 Å². The number of nitrogens with one attached hydrogen (secondary N) is 1. The summed E-state index contributed by atoms with van der Waals surface area (Å²) in [6, 6.07) is 7.50. The van der Waals surface area contributed by atoms with E-state index >= 15 is 0 Å². The zero-order valence-electron chi connectivity index (χ0n) is 14.5.